The molecule has 5 heteroatoms. The maximum atomic E-state index is 13.0. The summed E-state index contributed by atoms with van der Waals surface area (Å²) in [4.78, 5) is 25.2. The van der Waals surface area contributed by atoms with Crippen molar-refractivity contribution < 1.29 is 14.0 Å². The third-order valence-electron chi connectivity index (χ3n) is 3.56. The third-order valence-corrected chi connectivity index (χ3v) is 3.56. The van der Waals surface area contributed by atoms with Crippen LogP contribution in [-0.2, 0) is 16.1 Å². The number of rotatable bonds is 5. The number of carbonyl (C=O) groups is 2. The topological polar surface area (TPSA) is 49.4 Å². The molecule has 0 aromatic heterocycles. The predicted molar refractivity (Wildman–Crippen MR) is 87.5 cm³/mol. The van der Waals surface area contributed by atoms with Crippen molar-refractivity contribution in [3.8, 4) is 0 Å². The van der Waals surface area contributed by atoms with Gasteiger partial charge in [0.05, 0.1) is 0 Å². The quantitative estimate of drug-likeness (QED) is 0.922. The molecule has 0 aliphatic carbocycles. The second-order valence-electron chi connectivity index (χ2n) is 5.28. The molecule has 0 unspecified atom stereocenters. The minimum absolute atomic E-state index is 0.104. The maximum absolute atomic E-state index is 13.0. The third kappa shape index (κ3) is 4.64. The number of nitrogens with zero attached hydrogens (tertiary/aromatic N) is 1. The first kappa shape index (κ1) is 16.7. The highest BCUT2D eigenvalue weighted by atomic mass is 19.1. The van der Waals surface area contributed by atoms with Crippen LogP contribution < -0.4 is 10.2 Å². The van der Waals surface area contributed by atoms with Crippen molar-refractivity contribution in [3.05, 3.63) is 65.5 Å². The van der Waals surface area contributed by atoms with Crippen LogP contribution in [0.2, 0.25) is 0 Å². The van der Waals surface area contributed by atoms with Crippen LogP contribution >= 0.6 is 0 Å². The van der Waals surface area contributed by atoms with E-state index < -0.39 is 0 Å². The highest BCUT2D eigenvalue weighted by Crippen LogP contribution is 2.15. The zero-order valence-electron chi connectivity index (χ0n) is 13.2. The largest absolute Gasteiger partial charge is 0.350 e. The van der Waals surface area contributed by atoms with E-state index in [-0.39, 0.29) is 24.2 Å². The fourth-order valence-corrected chi connectivity index (χ4v) is 2.21. The van der Waals surface area contributed by atoms with E-state index in [1.165, 1.54) is 36.1 Å². The number of benzene rings is 2. The highest BCUT2D eigenvalue weighted by Gasteiger charge is 2.15. The fourth-order valence-electron chi connectivity index (χ4n) is 2.21. The molecular weight excluding hydrogens is 295 g/mol. The van der Waals surface area contributed by atoms with E-state index >= 15 is 0 Å². The molecule has 2 aromatic carbocycles. The van der Waals surface area contributed by atoms with E-state index in [1.807, 2.05) is 31.2 Å². The van der Waals surface area contributed by atoms with Gasteiger partial charge < -0.3 is 10.2 Å². The van der Waals surface area contributed by atoms with Crippen molar-refractivity contribution in [1.29, 1.82) is 0 Å². The van der Waals surface area contributed by atoms with Crippen molar-refractivity contribution in [2.75, 3.05) is 11.4 Å². The number of halogens is 1. The predicted octanol–water partition coefficient (Wildman–Crippen LogP) is 2.80. The highest BCUT2D eigenvalue weighted by molar-refractivity contribution is 5.97. The summed E-state index contributed by atoms with van der Waals surface area (Å²) in [6.45, 7) is 3.65. The van der Waals surface area contributed by atoms with Crippen molar-refractivity contribution in [2.24, 2.45) is 0 Å². The van der Waals surface area contributed by atoms with Gasteiger partial charge in [-0.25, -0.2) is 4.39 Å². The summed E-state index contributed by atoms with van der Waals surface area (Å²) >= 11 is 0. The Morgan fingerprint density at radius 1 is 1.09 bits per heavy atom. The van der Waals surface area contributed by atoms with Gasteiger partial charge in [0.25, 0.3) is 0 Å². The van der Waals surface area contributed by atoms with Crippen LogP contribution in [0.15, 0.2) is 48.5 Å². The molecule has 120 valence electrons. The first-order valence-electron chi connectivity index (χ1n) is 7.32. The molecule has 0 saturated heterocycles. The molecule has 0 atom stereocenters. The summed E-state index contributed by atoms with van der Waals surface area (Å²) in [5, 5.41) is 2.80. The fraction of sp³-hybridized carbons (Fsp3) is 0.222. The summed E-state index contributed by atoms with van der Waals surface area (Å²) in [5.74, 6) is -0.934. The van der Waals surface area contributed by atoms with Gasteiger partial charge in [0.1, 0.15) is 12.4 Å². The van der Waals surface area contributed by atoms with Crippen molar-refractivity contribution in [2.45, 2.75) is 20.4 Å². The molecule has 4 nitrogen and oxygen atoms in total. The Kier molecular flexibility index (Phi) is 5.46. The molecule has 2 rings (SSSR count). The molecule has 0 heterocycles. The smallest absolute Gasteiger partial charge is 0.240 e. The summed E-state index contributed by atoms with van der Waals surface area (Å²) in [6.07, 6.45) is 0. The first-order valence-corrected chi connectivity index (χ1v) is 7.32. The van der Waals surface area contributed by atoms with Gasteiger partial charge in [0.15, 0.2) is 0 Å². The number of nitrogens with one attached hydrogen (secondary N) is 1. The number of aryl methyl sites for hydroxylation is 1. The average molecular weight is 314 g/mol. The normalized spacial score (nSPS) is 10.2. The van der Waals surface area contributed by atoms with Crippen LogP contribution in [0, 0.1) is 12.7 Å². The molecule has 0 aliphatic heterocycles. The molecule has 2 aromatic rings. The number of hydrogen-bond donors (Lipinski definition) is 1. The van der Waals surface area contributed by atoms with Gasteiger partial charge in [-0.05, 0) is 42.3 Å². The number of hydrogen-bond acceptors (Lipinski definition) is 2. The van der Waals surface area contributed by atoms with Gasteiger partial charge in [-0.15, -0.1) is 0 Å². The lowest BCUT2D eigenvalue weighted by atomic mass is 10.1. The van der Waals surface area contributed by atoms with Crippen LogP contribution in [0.4, 0.5) is 10.1 Å². The van der Waals surface area contributed by atoms with Crippen LogP contribution in [0.25, 0.3) is 0 Å². The second kappa shape index (κ2) is 7.54. The SMILES string of the molecule is CC(=O)N(CC(=O)NCc1ccccc1C)c1ccc(F)cc1. The van der Waals surface area contributed by atoms with E-state index in [0.29, 0.717) is 12.2 Å². The maximum Gasteiger partial charge on any atom is 0.240 e. The van der Waals surface area contributed by atoms with Crippen molar-refractivity contribution in [3.63, 3.8) is 0 Å². The number of anilines is 1. The summed E-state index contributed by atoms with van der Waals surface area (Å²) < 4.78 is 13.0. The van der Waals surface area contributed by atoms with Gasteiger partial charge in [0.2, 0.25) is 11.8 Å². The number of amides is 2. The Morgan fingerprint density at radius 3 is 2.35 bits per heavy atom. The van der Waals surface area contributed by atoms with Gasteiger partial charge in [-0.1, -0.05) is 24.3 Å². The monoisotopic (exact) mass is 314 g/mol. The first-order chi connectivity index (χ1) is 11.0. The zero-order valence-corrected chi connectivity index (χ0v) is 13.2. The van der Waals surface area contributed by atoms with Crippen LogP contribution in [0.3, 0.4) is 0 Å². The van der Waals surface area contributed by atoms with Crippen molar-refractivity contribution >= 4 is 17.5 Å². The van der Waals surface area contributed by atoms with E-state index in [0.717, 1.165) is 11.1 Å². The minimum atomic E-state index is -0.388. The Morgan fingerprint density at radius 2 is 1.74 bits per heavy atom. The zero-order chi connectivity index (χ0) is 16.8. The van der Waals surface area contributed by atoms with Crippen LogP contribution in [-0.4, -0.2) is 18.4 Å². The molecular formula is C18H19FN2O2. The van der Waals surface area contributed by atoms with Crippen LogP contribution in [0.1, 0.15) is 18.1 Å². The van der Waals surface area contributed by atoms with Crippen LogP contribution in [0.5, 0.6) is 0 Å². The van der Waals surface area contributed by atoms with E-state index in [1.54, 1.807) is 0 Å². The average Bonchev–Trinajstić information content (AvgIpc) is 2.52. The van der Waals surface area contributed by atoms with Crippen molar-refractivity contribution in [1.82, 2.24) is 5.32 Å². The Balaban J connectivity index is 2.00. The summed E-state index contributed by atoms with van der Waals surface area (Å²) in [6, 6.07) is 13.2. The Bertz CT molecular complexity index is 698. The summed E-state index contributed by atoms with van der Waals surface area (Å²) in [5.41, 5.74) is 2.61. The standard InChI is InChI=1S/C18H19FN2O2/c1-13-5-3-4-6-15(13)11-20-18(23)12-21(14(2)22)17-9-7-16(19)8-10-17/h3-10H,11-12H2,1-2H3,(H,20,23). The molecule has 0 fully saturated rings. The molecule has 2 amide bonds. The number of carbonyl (C=O) groups excluding carboxylic acids is 2. The Labute approximate surface area is 134 Å². The molecule has 1 N–H and O–H groups in total. The Hall–Kier alpha value is -2.69. The molecule has 23 heavy (non-hydrogen) atoms. The van der Waals surface area contributed by atoms with E-state index in [2.05, 4.69) is 5.32 Å². The van der Waals surface area contributed by atoms with E-state index in [4.69, 9.17) is 0 Å². The molecule has 0 radical (unpaired) electrons. The van der Waals surface area contributed by atoms with E-state index in [9.17, 15) is 14.0 Å². The van der Waals surface area contributed by atoms with Gasteiger partial charge in [0, 0.05) is 19.2 Å². The van der Waals surface area contributed by atoms with Gasteiger partial charge >= 0.3 is 0 Å². The molecule has 0 spiro atoms. The molecule has 0 saturated carbocycles. The lowest BCUT2D eigenvalue weighted by Crippen LogP contribution is -2.39. The molecule has 0 bridgehead atoms. The van der Waals surface area contributed by atoms with Gasteiger partial charge in [-0.3, -0.25) is 9.59 Å². The lowest BCUT2D eigenvalue weighted by Gasteiger charge is -2.20. The van der Waals surface area contributed by atoms with Gasteiger partial charge in [-0.2, -0.15) is 0 Å². The minimum Gasteiger partial charge on any atom is -0.350 e. The lowest BCUT2D eigenvalue weighted by molar-refractivity contribution is -0.123. The second-order valence-corrected chi connectivity index (χ2v) is 5.28. The molecule has 0 aliphatic rings. The summed E-state index contributed by atoms with van der Waals surface area (Å²) in [7, 11) is 0.